The molecule has 0 amide bonds. The molecule has 9 heteroatoms. The first kappa shape index (κ1) is 29.3. The van der Waals surface area contributed by atoms with Crippen molar-refractivity contribution < 1.29 is 18.7 Å². The van der Waals surface area contributed by atoms with Crippen LogP contribution < -0.4 is 10.1 Å². The van der Waals surface area contributed by atoms with Crippen molar-refractivity contribution >= 4 is 28.5 Å². The Labute approximate surface area is 252 Å². The van der Waals surface area contributed by atoms with Crippen LogP contribution in [0.1, 0.15) is 51.3 Å². The lowest BCUT2D eigenvalue weighted by Gasteiger charge is -2.33. The van der Waals surface area contributed by atoms with Gasteiger partial charge >= 0.3 is 0 Å². The van der Waals surface area contributed by atoms with Gasteiger partial charge in [0.15, 0.2) is 0 Å². The van der Waals surface area contributed by atoms with Crippen LogP contribution in [0.4, 0.5) is 16.0 Å². The van der Waals surface area contributed by atoms with Crippen molar-refractivity contribution in [2.24, 2.45) is 13.0 Å². The number of carbonyl (C=O) groups is 1. The third-order valence-corrected chi connectivity index (χ3v) is 9.04. The molecule has 0 spiro atoms. The molecule has 2 saturated heterocycles. The van der Waals surface area contributed by atoms with Gasteiger partial charge in [0.1, 0.15) is 23.1 Å². The Morgan fingerprint density at radius 2 is 1.93 bits per heavy atom. The highest BCUT2D eigenvalue weighted by Crippen LogP contribution is 2.36. The molecule has 2 aliphatic heterocycles. The highest BCUT2D eigenvalue weighted by Gasteiger charge is 2.34. The van der Waals surface area contributed by atoms with Crippen molar-refractivity contribution in [3.63, 3.8) is 0 Å². The molecule has 4 aromatic rings. The fourth-order valence-corrected chi connectivity index (χ4v) is 6.24. The molecule has 43 heavy (non-hydrogen) atoms. The summed E-state index contributed by atoms with van der Waals surface area (Å²) in [4.78, 5) is 24.7. The zero-order valence-corrected chi connectivity index (χ0v) is 25.4. The minimum atomic E-state index is -0.341. The predicted octanol–water partition coefficient (Wildman–Crippen LogP) is 6.55. The first-order valence-electron chi connectivity index (χ1n) is 15.2. The number of ether oxygens (including phenoxy) is 2. The maximum Gasteiger partial charge on any atom is 0.208 e. The van der Waals surface area contributed by atoms with E-state index in [1.807, 2.05) is 48.9 Å². The molecule has 8 nitrogen and oxygen atoms in total. The van der Waals surface area contributed by atoms with Crippen molar-refractivity contribution in [2.75, 3.05) is 31.6 Å². The molecule has 0 radical (unpaired) electrons. The monoisotopic (exact) mass is 585 g/mol. The van der Waals surface area contributed by atoms with Crippen LogP contribution in [0, 0.1) is 11.7 Å². The fraction of sp³-hybridized carbons (Fsp3) is 0.441. The normalized spacial score (nSPS) is 19.8. The average molecular weight is 586 g/mol. The highest BCUT2D eigenvalue weighted by atomic mass is 19.1. The lowest BCUT2D eigenvalue weighted by molar-refractivity contribution is -0.123. The van der Waals surface area contributed by atoms with E-state index in [4.69, 9.17) is 14.5 Å². The van der Waals surface area contributed by atoms with Crippen LogP contribution in [0.5, 0.6) is 11.5 Å². The van der Waals surface area contributed by atoms with E-state index in [0.717, 1.165) is 54.8 Å². The number of piperidine rings is 1. The number of ketones is 1. The number of hydrogen-bond acceptors (Lipinski definition) is 7. The third-order valence-electron chi connectivity index (χ3n) is 9.04. The maximum absolute atomic E-state index is 14.7. The van der Waals surface area contributed by atoms with Gasteiger partial charge in [-0.25, -0.2) is 9.37 Å². The second-order valence-corrected chi connectivity index (χ2v) is 12.5. The highest BCUT2D eigenvalue weighted by molar-refractivity contribution is 5.83. The van der Waals surface area contributed by atoms with Crippen molar-refractivity contribution in [1.29, 1.82) is 0 Å². The number of anilines is 2. The molecular formula is C34H40FN5O3. The summed E-state index contributed by atoms with van der Waals surface area (Å²) in [5, 5.41) is 3.36. The molecule has 2 fully saturated rings. The number of likely N-dealkylation sites (tertiary alicyclic amines) is 1. The molecule has 0 aliphatic carbocycles. The van der Waals surface area contributed by atoms with E-state index in [9.17, 15) is 9.18 Å². The smallest absolute Gasteiger partial charge is 0.208 e. The van der Waals surface area contributed by atoms with Crippen LogP contribution in [0.2, 0.25) is 0 Å². The molecule has 226 valence electrons. The van der Waals surface area contributed by atoms with Crippen LogP contribution in [0.3, 0.4) is 0 Å². The summed E-state index contributed by atoms with van der Waals surface area (Å²) in [6.45, 7) is 9.54. The zero-order chi connectivity index (χ0) is 30.1. The van der Waals surface area contributed by atoms with Gasteiger partial charge in [0, 0.05) is 61.5 Å². The predicted molar refractivity (Wildman–Crippen MR) is 166 cm³/mol. The van der Waals surface area contributed by atoms with Crippen LogP contribution in [-0.2, 0) is 28.4 Å². The second kappa shape index (κ2) is 12.1. The zero-order valence-electron chi connectivity index (χ0n) is 25.4. The number of Topliss-reactive ketones (excluding diaryl/α,β-unsaturated/α-hetero) is 1. The van der Waals surface area contributed by atoms with E-state index in [0.29, 0.717) is 48.7 Å². The lowest BCUT2D eigenvalue weighted by Crippen LogP contribution is -2.40. The first-order chi connectivity index (χ1) is 20.7. The molecule has 4 heterocycles. The van der Waals surface area contributed by atoms with Crippen molar-refractivity contribution in [1.82, 2.24) is 19.4 Å². The SMILES string of the molecule is CC(C)N1CCC(C(=O)Cc2cc(Oc3ccc4c(c3)nc(Nc3ccc(F)c(C5(C)CCOC5)c3)n4C)ccn2)CC1. The van der Waals surface area contributed by atoms with Gasteiger partial charge in [-0.05, 0) is 88.2 Å². The number of nitrogens with one attached hydrogen (secondary N) is 1. The molecule has 1 N–H and O–H groups in total. The van der Waals surface area contributed by atoms with Crippen molar-refractivity contribution in [3.05, 3.63) is 71.8 Å². The fourth-order valence-electron chi connectivity index (χ4n) is 6.24. The number of halogens is 1. The van der Waals surface area contributed by atoms with E-state index in [2.05, 4.69) is 29.0 Å². The number of benzene rings is 2. The largest absolute Gasteiger partial charge is 0.457 e. The quantitative estimate of drug-likeness (QED) is 0.238. The number of pyridine rings is 1. The molecule has 0 bridgehead atoms. The van der Waals surface area contributed by atoms with Crippen molar-refractivity contribution in [2.45, 2.75) is 57.9 Å². The van der Waals surface area contributed by atoms with Gasteiger partial charge < -0.3 is 24.3 Å². The summed E-state index contributed by atoms with van der Waals surface area (Å²) >= 11 is 0. The number of rotatable bonds is 9. The number of nitrogens with zero attached hydrogens (tertiary/aromatic N) is 4. The Morgan fingerprint density at radius 3 is 2.67 bits per heavy atom. The molecule has 1 atom stereocenters. The summed E-state index contributed by atoms with van der Waals surface area (Å²) in [6, 6.07) is 15.0. The topological polar surface area (TPSA) is 81.5 Å². The minimum Gasteiger partial charge on any atom is -0.457 e. The van der Waals surface area contributed by atoms with E-state index in [1.165, 1.54) is 6.07 Å². The van der Waals surface area contributed by atoms with E-state index in [1.54, 1.807) is 18.3 Å². The number of fused-ring (bicyclic) bond motifs is 1. The summed E-state index contributed by atoms with van der Waals surface area (Å²) in [5.41, 5.74) is 3.49. The van der Waals surface area contributed by atoms with Gasteiger partial charge in [0.2, 0.25) is 5.95 Å². The van der Waals surface area contributed by atoms with Gasteiger partial charge in [0.25, 0.3) is 0 Å². The number of hydrogen-bond donors (Lipinski definition) is 1. The Hall–Kier alpha value is -3.82. The Balaban J connectivity index is 1.14. The Morgan fingerprint density at radius 1 is 1.14 bits per heavy atom. The summed E-state index contributed by atoms with van der Waals surface area (Å²) in [7, 11) is 1.94. The standard InChI is InChI=1S/C34H40FN5O3/c1-22(2)40-14-10-23(11-15-40)32(41)19-25-17-27(9-13-36-25)43-26-6-8-31-30(20-26)38-33(39(31)4)37-24-5-7-29(35)28(18-24)34(3)12-16-42-21-34/h5-9,13,17-18,20,22-23H,10-12,14-16,19,21H2,1-4H3,(H,37,38). The van der Waals surface area contributed by atoms with Gasteiger partial charge in [0.05, 0.1) is 23.3 Å². The first-order valence-corrected chi connectivity index (χ1v) is 15.2. The van der Waals surface area contributed by atoms with Crippen LogP contribution in [-0.4, -0.2) is 57.6 Å². The second-order valence-electron chi connectivity index (χ2n) is 12.5. The lowest BCUT2D eigenvalue weighted by atomic mass is 9.81. The van der Waals surface area contributed by atoms with E-state index in [-0.39, 0.29) is 22.9 Å². The van der Waals surface area contributed by atoms with Gasteiger partial charge in [-0.3, -0.25) is 9.78 Å². The van der Waals surface area contributed by atoms with Gasteiger partial charge in [-0.2, -0.15) is 0 Å². The summed E-state index contributed by atoms with van der Waals surface area (Å²) in [5.74, 6) is 2.03. The molecule has 2 aromatic heterocycles. The maximum atomic E-state index is 14.7. The number of aromatic nitrogens is 3. The number of imidazole rings is 1. The van der Waals surface area contributed by atoms with Gasteiger partial charge in [-0.1, -0.05) is 6.92 Å². The van der Waals surface area contributed by atoms with Crippen molar-refractivity contribution in [3.8, 4) is 11.5 Å². The van der Waals surface area contributed by atoms with Crippen LogP contribution >= 0.6 is 0 Å². The summed E-state index contributed by atoms with van der Waals surface area (Å²) < 4.78 is 28.4. The molecule has 2 aliphatic rings. The third kappa shape index (κ3) is 6.28. The number of aryl methyl sites for hydroxylation is 1. The molecule has 1 unspecified atom stereocenters. The van der Waals surface area contributed by atoms with E-state index >= 15 is 0 Å². The average Bonchev–Trinajstić information content (AvgIpc) is 3.57. The summed E-state index contributed by atoms with van der Waals surface area (Å²) in [6.07, 6.45) is 4.61. The number of carbonyl (C=O) groups excluding carboxylic acids is 1. The molecule has 6 rings (SSSR count). The molecule has 2 aromatic carbocycles. The van der Waals surface area contributed by atoms with Crippen LogP contribution in [0.25, 0.3) is 11.0 Å². The van der Waals surface area contributed by atoms with Crippen LogP contribution in [0.15, 0.2) is 54.7 Å². The van der Waals surface area contributed by atoms with Gasteiger partial charge in [-0.15, -0.1) is 0 Å². The molecular weight excluding hydrogens is 545 g/mol. The Kier molecular flexibility index (Phi) is 8.20. The minimum absolute atomic E-state index is 0.0945. The Bertz CT molecular complexity index is 1620. The molecule has 0 saturated carbocycles. The van der Waals surface area contributed by atoms with E-state index < -0.39 is 0 Å².